The van der Waals surface area contributed by atoms with E-state index >= 15 is 0 Å². The summed E-state index contributed by atoms with van der Waals surface area (Å²) in [6, 6.07) is 10.8. The monoisotopic (exact) mass is 414 g/mol. The van der Waals surface area contributed by atoms with Gasteiger partial charge in [-0.3, -0.25) is 0 Å². The molecule has 1 nitrogen and oxygen atoms in total. The van der Waals surface area contributed by atoms with Crippen LogP contribution in [-0.2, 0) is 0 Å². The van der Waals surface area contributed by atoms with Crippen LogP contribution in [-0.4, -0.2) is 13.3 Å². The number of allylic oxidation sites excluding steroid dienone is 2. The van der Waals surface area contributed by atoms with Crippen LogP contribution in [0.1, 0.15) is 50.0 Å². The summed E-state index contributed by atoms with van der Waals surface area (Å²) in [7, 11) is 0. The summed E-state index contributed by atoms with van der Waals surface area (Å²) in [5.74, 6) is -0.758. The quantitative estimate of drug-likeness (QED) is 0.381. The van der Waals surface area contributed by atoms with Gasteiger partial charge in [0.05, 0.1) is 0 Å². The summed E-state index contributed by atoms with van der Waals surface area (Å²) in [5, 5.41) is 0. The fourth-order valence-corrected chi connectivity index (χ4v) is 4.25. The molecule has 30 heavy (non-hydrogen) atoms. The second-order valence-corrected chi connectivity index (χ2v) is 7.88. The molecule has 0 spiro atoms. The van der Waals surface area contributed by atoms with E-state index in [9.17, 15) is 13.2 Å². The van der Waals surface area contributed by atoms with E-state index in [1.807, 2.05) is 30.3 Å². The van der Waals surface area contributed by atoms with Gasteiger partial charge in [0.2, 0.25) is 5.82 Å². The van der Waals surface area contributed by atoms with E-state index < -0.39 is 11.6 Å². The minimum Gasteiger partial charge on any atom is -0.486 e. The van der Waals surface area contributed by atoms with E-state index in [1.165, 1.54) is 30.5 Å². The number of hydrogen-bond acceptors (Lipinski definition) is 1. The fourth-order valence-electron chi connectivity index (χ4n) is 4.25. The van der Waals surface area contributed by atoms with E-state index in [0.717, 1.165) is 25.7 Å². The van der Waals surface area contributed by atoms with E-state index in [-0.39, 0.29) is 24.6 Å². The molecule has 0 amide bonds. The molecule has 1 aliphatic carbocycles. The zero-order valence-electron chi connectivity index (χ0n) is 17.3. The average Bonchev–Trinajstić information content (AvgIpc) is 2.78. The smallest absolute Gasteiger partial charge is 0.201 e. The molecule has 0 atom stereocenters. The van der Waals surface area contributed by atoms with Crippen molar-refractivity contribution in [2.45, 2.75) is 44.4 Å². The summed E-state index contributed by atoms with van der Waals surface area (Å²) in [4.78, 5) is 0. The van der Waals surface area contributed by atoms with Gasteiger partial charge in [0.25, 0.3) is 0 Å². The third-order valence-corrected chi connectivity index (χ3v) is 5.94. The van der Waals surface area contributed by atoms with E-state index in [2.05, 4.69) is 6.58 Å². The van der Waals surface area contributed by atoms with Crippen molar-refractivity contribution < 1.29 is 17.9 Å². The highest BCUT2D eigenvalue weighted by molar-refractivity contribution is 5.65. The van der Waals surface area contributed by atoms with Gasteiger partial charge in [0.15, 0.2) is 11.6 Å². The predicted molar refractivity (Wildman–Crippen MR) is 117 cm³/mol. The first-order chi connectivity index (χ1) is 14.6. The molecule has 3 rings (SSSR count). The molecule has 0 radical (unpaired) electrons. The third-order valence-electron chi connectivity index (χ3n) is 5.94. The van der Waals surface area contributed by atoms with Gasteiger partial charge in [0.1, 0.15) is 13.3 Å². The lowest BCUT2D eigenvalue weighted by molar-refractivity contribution is 0.312. The first kappa shape index (κ1) is 22.2. The van der Waals surface area contributed by atoms with Gasteiger partial charge in [-0.2, -0.15) is 4.39 Å². The number of ether oxygens (including phenoxy) is 1. The molecule has 1 fully saturated rings. The number of halogens is 3. The average molecular weight is 415 g/mol. The summed E-state index contributed by atoms with van der Waals surface area (Å²) in [6.45, 7) is 3.25. The highest BCUT2D eigenvalue weighted by Gasteiger charge is 2.22. The normalized spacial score (nSPS) is 19.2. The summed E-state index contributed by atoms with van der Waals surface area (Å²) >= 11 is 0. The maximum absolute atomic E-state index is 14.5. The van der Waals surface area contributed by atoms with Gasteiger partial charge >= 0.3 is 0 Å². The first-order valence-electron chi connectivity index (χ1n) is 10.7. The highest BCUT2D eigenvalue weighted by atomic mass is 19.2. The Kier molecular flexibility index (Phi) is 8.18. The lowest BCUT2D eigenvalue weighted by atomic mass is 9.77. The molecule has 0 aliphatic heterocycles. The SMILES string of the molecule is C=CCOc1ccc(-c2ccc(C3CCC(CC/C=C/CF)CC3)cc2)c(F)c1F. The lowest BCUT2D eigenvalue weighted by Crippen LogP contribution is -2.13. The standard InChI is InChI=1S/C26H29F3O/c1-2-18-30-24-16-15-23(25(28)26(24)29)22-13-11-21(12-14-22)20-9-7-19(8-10-20)6-4-3-5-17-27/h2-3,5,11-16,19-20H,1,4,6-10,17-18H2/b5-3+. The van der Waals surface area contributed by atoms with Crippen molar-refractivity contribution in [3.8, 4) is 16.9 Å². The molecule has 0 unspecified atom stereocenters. The van der Waals surface area contributed by atoms with Crippen LogP contribution >= 0.6 is 0 Å². The van der Waals surface area contributed by atoms with Crippen LogP contribution in [0.4, 0.5) is 13.2 Å². The number of hydrogen-bond donors (Lipinski definition) is 0. The molecule has 0 saturated heterocycles. The zero-order valence-corrected chi connectivity index (χ0v) is 17.3. The van der Waals surface area contributed by atoms with Crippen molar-refractivity contribution in [2.75, 3.05) is 13.3 Å². The molecule has 0 bridgehead atoms. The Bertz CT molecular complexity index is 849. The molecule has 0 heterocycles. The van der Waals surface area contributed by atoms with E-state index in [1.54, 1.807) is 12.1 Å². The van der Waals surface area contributed by atoms with Gasteiger partial charge in [-0.05, 0) is 73.6 Å². The van der Waals surface area contributed by atoms with Gasteiger partial charge in [-0.25, -0.2) is 8.78 Å². The number of benzene rings is 2. The van der Waals surface area contributed by atoms with Crippen LogP contribution in [0, 0.1) is 17.6 Å². The topological polar surface area (TPSA) is 9.23 Å². The van der Waals surface area contributed by atoms with Gasteiger partial charge in [0, 0.05) is 5.56 Å². The molecule has 2 aromatic rings. The van der Waals surface area contributed by atoms with Gasteiger partial charge in [-0.15, -0.1) is 0 Å². The van der Waals surface area contributed by atoms with Crippen LogP contribution in [0.3, 0.4) is 0 Å². The summed E-state index contributed by atoms with van der Waals surface area (Å²) in [6.07, 6.45) is 11.7. The molecule has 4 heteroatoms. The Morgan fingerprint density at radius 1 is 0.933 bits per heavy atom. The van der Waals surface area contributed by atoms with Crippen molar-refractivity contribution in [3.63, 3.8) is 0 Å². The van der Waals surface area contributed by atoms with Crippen LogP contribution in [0.25, 0.3) is 11.1 Å². The van der Waals surface area contributed by atoms with Crippen molar-refractivity contribution in [3.05, 3.63) is 78.4 Å². The molecule has 2 aromatic carbocycles. The first-order valence-corrected chi connectivity index (χ1v) is 10.7. The molecular weight excluding hydrogens is 385 g/mol. The van der Waals surface area contributed by atoms with Crippen LogP contribution < -0.4 is 4.74 Å². The minimum atomic E-state index is -0.974. The number of rotatable bonds is 9. The Labute approximate surface area is 177 Å². The van der Waals surface area contributed by atoms with Crippen molar-refractivity contribution >= 4 is 0 Å². The van der Waals surface area contributed by atoms with Crippen LogP contribution in [0.2, 0.25) is 0 Å². The summed E-state index contributed by atoms with van der Waals surface area (Å²) in [5.41, 5.74) is 2.13. The molecular formula is C26H29F3O. The molecule has 0 N–H and O–H groups in total. The molecule has 1 aliphatic rings. The second-order valence-electron chi connectivity index (χ2n) is 7.88. The third kappa shape index (κ3) is 5.56. The molecule has 0 aromatic heterocycles. The van der Waals surface area contributed by atoms with Gasteiger partial charge < -0.3 is 4.74 Å². The molecule has 160 valence electrons. The van der Waals surface area contributed by atoms with E-state index in [4.69, 9.17) is 4.74 Å². The van der Waals surface area contributed by atoms with Crippen molar-refractivity contribution in [1.82, 2.24) is 0 Å². The second kappa shape index (κ2) is 11.1. The fraction of sp³-hybridized carbons (Fsp3) is 0.385. The maximum Gasteiger partial charge on any atom is 0.201 e. The Balaban J connectivity index is 1.61. The van der Waals surface area contributed by atoms with Crippen LogP contribution in [0.5, 0.6) is 5.75 Å². The molecule has 1 saturated carbocycles. The van der Waals surface area contributed by atoms with E-state index in [0.29, 0.717) is 17.4 Å². The zero-order chi connectivity index (χ0) is 21.3. The predicted octanol–water partition coefficient (Wildman–Crippen LogP) is 7.78. The highest BCUT2D eigenvalue weighted by Crippen LogP contribution is 2.38. The van der Waals surface area contributed by atoms with Crippen molar-refractivity contribution in [1.29, 1.82) is 0 Å². The van der Waals surface area contributed by atoms with Crippen LogP contribution in [0.15, 0.2) is 61.2 Å². The summed E-state index contributed by atoms with van der Waals surface area (Å²) < 4.78 is 46.0. The van der Waals surface area contributed by atoms with Crippen molar-refractivity contribution in [2.24, 2.45) is 5.92 Å². The largest absolute Gasteiger partial charge is 0.486 e. The Hall–Kier alpha value is -2.49. The minimum absolute atomic E-state index is 0.107. The Morgan fingerprint density at radius 3 is 2.33 bits per heavy atom. The Morgan fingerprint density at radius 2 is 1.67 bits per heavy atom. The maximum atomic E-state index is 14.5. The lowest BCUT2D eigenvalue weighted by Gasteiger charge is -2.28. The van der Waals surface area contributed by atoms with Gasteiger partial charge in [-0.1, -0.05) is 49.1 Å². The number of alkyl halides is 1.